The Bertz CT molecular complexity index is 778. The maximum atomic E-state index is 14.2. The summed E-state index contributed by atoms with van der Waals surface area (Å²) in [4.78, 5) is 0. The molecule has 0 saturated heterocycles. The van der Waals surface area contributed by atoms with Crippen molar-refractivity contribution in [3.05, 3.63) is 59.4 Å². The third-order valence-electron chi connectivity index (χ3n) is 3.30. The summed E-state index contributed by atoms with van der Waals surface area (Å²) in [5.74, 6) is -0.917. The Morgan fingerprint density at radius 1 is 1.14 bits per heavy atom. The summed E-state index contributed by atoms with van der Waals surface area (Å²) in [7, 11) is -3.69. The van der Waals surface area contributed by atoms with Crippen LogP contribution in [-0.4, -0.2) is 13.5 Å². The number of rotatable bonds is 4. The average molecular weight is 323 g/mol. The molecule has 0 radical (unpaired) electrons. The number of sulfonamides is 1. The Labute approximate surface area is 129 Å². The summed E-state index contributed by atoms with van der Waals surface area (Å²) < 4.78 is 36.2. The van der Waals surface area contributed by atoms with Gasteiger partial charge in [0.1, 0.15) is 5.82 Å². The predicted molar refractivity (Wildman–Crippen MR) is 83.9 cm³/mol. The van der Waals surface area contributed by atoms with Crippen molar-refractivity contribution in [3.63, 3.8) is 0 Å². The van der Waals surface area contributed by atoms with E-state index in [1.54, 1.807) is 38.1 Å². The third-order valence-corrected chi connectivity index (χ3v) is 4.04. The van der Waals surface area contributed by atoms with E-state index in [0.29, 0.717) is 16.7 Å². The molecule has 2 aromatic rings. The molecule has 2 rings (SSSR count). The second-order valence-corrected chi connectivity index (χ2v) is 7.37. The summed E-state index contributed by atoms with van der Waals surface area (Å²) in [6.45, 7) is 3.34. The Hall–Kier alpha value is -1.76. The molecule has 0 bridgehead atoms. The van der Waals surface area contributed by atoms with Gasteiger partial charge in [-0.15, -0.1) is 0 Å². The van der Waals surface area contributed by atoms with Crippen LogP contribution in [-0.2, 0) is 21.4 Å². The van der Waals surface area contributed by atoms with Crippen LogP contribution in [0.3, 0.4) is 0 Å². The van der Waals surface area contributed by atoms with Crippen LogP contribution in [0.4, 0.5) is 4.39 Å². The molecule has 3 N–H and O–H groups in total. The molecule has 4 nitrogen and oxygen atoms in total. The van der Waals surface area contributed by atoms with E-state index in [-0.39, 0.29) is 0 Å². The molecule has 118 valence electrons. The van der Waals surface area contributed by atoms with Crippen LogP contribution >= 0.6 is 0 Å². The van der Waals surface area contributed by atoms with Gasteiger partial charge in [-0.2, -0.15) is 0 Å². The normalized spacial score (nSPS) is 12.4. The van der Waals surface area contributed by atoms with Gasteiger partial charge in [-0.25, -0.2) is 17.9 Å². The molecule has 0 atom stereocenters. The zero-order valence-electron chi connectivity index (χ0n) is 12.4. The molecular weight excluding hydrogens is 305 g/mol. The number of hydrogen-bond acceptors (Lipinski definition) is 3. The highest BCUT2D eigenvalue weighted by Gasteiger charge is 2.16. The number of primary sulfonamides is 1. The highest BCUT2D eigenvalue weighted by Crippen LogP contribution is 2.27. The maximum absolute atomic E-state index is 14.2. The minimum absolute atomic E-state index is 0.303. The van der Waals surface area contributed by atoms with E-state index in [1.165, 1.54) is 18.2 Å². The van der Waals surface area contributed by atoms with Crippen molar-refractivity contribution in [1.29, 1.82) is 0 Å². The smallest absolute Gasteiger partial charge is 0.213 e. The zero-order chi connectivity index (χ0) is 16.5. The van der Waals surface area contributed by atoms with Crippen LogP contribution in [0.1, 0.15) is 25.0 Å². The average Bonchev–Trinajstić information content (AvgIpc) is 2.36. The predicted octanol–water partition coefficient (Wildman–Crippen LogP) is 2.51. The first-order chi connectivity index (χ1) is 10.1. The van der Waals surface area contributed by atoms with Crippen molar-refractivity contribution in [2.24, 2.45) is 5.14 Å². The molecule has 0 amide bonds. The van der Waals surface area contributed by atoms with Gasteiger partial charge in [-0.3, -0.25) is 0 Å². The van der Waals surface area contributed by atoms with Crippen molar-refractivity contribution >= 4 is 10.0 Å². The van der Waals surface area contributed by atoms with Gasteiger partial charge in [-0.05, 0) is 36.6 Å². The van der Waals surface area contributed by atoms with Crippen LogP contribution in [0.5, 0.6) is 0 Å². The highest BCUT2D eigenvalue weighted by molar-refractivity contribution is 7.88. The number of hydrogen-bond donors (Lipinski definition) is 2. The van der Waals surface area contributed by atoms with E-state index in [9.17, 15) is 17.9 Å². The van der Waals surface area contributed by atoms with Gasteiger partial charge in [0.15, 0.2) is 0 Å². The topological polar surface area (TPSA) is 80.4 Å². The molecule has 0 aliphatic rings. The van der Waals surface area contributed by atoms with Gasteiger partial charge in [0.2, 0.25) is 10.0 Å². The summed E-state index contributed by atoms with van der Waals surface area (Å²) in [5, 5.41) is 14.9. The zero-order valence-corrected chi connectivity index (χ0v) is 13.2. The molecule has 2 aromatic carbocycles. The Kier molecular flexibility index (Phi) is 4.37. The van der Waals surface area contributed by atoms with Crippen LogP contribution in [0.25, 0.3) is 11.1 Å². The lowest BCUT2D eigenvalue weighted by Crippen LogP contribution is -2.15. The first-order valence-corrected chi connectivity index (χ1v) is 8.40. The Morgan fingerprint density at radius 3 is 2.18 bits per heavy atom. The first-order valence-electron chi connectivity index (χ1n) is 6.68. The van der Waals surface area contributed by atoms with Crippen molar-refractivity contribution in [2.75, 3.05) is 0 Å². The largest absolute Gasteiger partial charge is 0.386 e. The number of nitrogens with two attached hydrogens (primary N) is 1. The lowest BCUT2D eigenvalue weighted by atomic mass is 9.95. The van der Waals surface area contributed by atoms with Gasteiger partial charge in [0.25, 0.3) is 0 Å². The molecule has 0 fully saturated rings. The summed E-state index contributed by atoms with van der Waals surface area (Å²) in [6, 6.07) is 11.1. The molecule has 0 spiro atoms. The standard InChI is InChI=1S/C16H18FNO3S/c1-16(2,19)13-6-4-12(5-7-13)14-8-3-11(9-15(14)17)10-22(18,20)21/h3-9,19H,10H2,1-2H3,(H2,18,20,21). The van der Waals surface area contributed by atoms with E-state index >= 15 is 0 Å². The van der Waals surface area contributed by atoms with Crippen LogP contribution in [0.15, 0.2) is 42.5 Å². The molecule has 0 heterocycles. The van der Waals surface area contributed by atoms with Crippen molar-refractivity contribution in [1.82, 2.24) is 0 Å². The lowest BCUT2D eigenvalue weighted by Gasteiger charge is -2.18. The third kappa shape index (κ3) is 4.13. The van der Waals surface area contributed by atoms with E-state index in [1.807, 2.05) is 0 Å². The number of halogens is 1. The van der Waals surface area contributed by atoms with Gasteiger partial charge in [0.05, 0.1) is 11.4 Å². The molecule has 0 saturated carbocycles. The maximum Gasteiger partial charge on any atom is 0.213 e. The Balaban J connectivity index is 2.34. The van der Waals surface area contributed by atoms with Crippen molar-refractivity contribution in [2.45, 2.75) is 25.2 Å². The monoisotopic (exact) mass is 323 g/mol. The van der Waals surface area contributed by atoms with Crippen LogP contribution in [0.2, 0.25) is 0 Å². The van der Waals surface area contributed by atoms with Gasteiger partial charge < -0.3 is 5.11 Å². The molecule has 22 heavy (non-hydrogen) atoms. The lowest BCUT2D eigenvalue weighted by molar-refractivity contribution is 0.0786. The molecule has 0 unspecified atom stereocenters. The molecule has 6 heteroatoms. The highest BCUT2D eigenvalue weighted by atomic mass is 32.2. The minimum Gasteiger partial charge on any atom is -0.386 e. The molecular formula is C16H18FNO3S. The second kappa shape index (κ2) is 5.79. The fourth-order valence-corrected chi connectivity index (χ4v) is 2.82. The van der Waals surface area contributed by atoms with Gasteiger partial charge >= 0.3 is 0 Å². The van der Waals surface area contributed by atoms with Crippen molar-refractivity contribution < 1.29 is 17.9 Å². The van der Waals surface area contributed by atoms with Gasteiger partial charge in [-0.1, -0.05) is 36.4 Å². The quantitative estimate of drug-likeness (QED) is 0.907. The molecule has 0 aliphatic heterocycles. The SMILES string of the molecule is CC(C)(O)c1ccc(-c2ccc(CS(N)(=O)=O)cc2F)cc1. The fourth-order valence-electron chi connectivity index (χ4n) is 2.17. The molecule has 0 aliphatic carbocycles. The fraction of sp³-hybridized carbons (Fsp3) is 0.250. The van der Waals surface area contributed by atoms with E-state index in [2.05, 4.69) is 0 Å². The van der Waals surface area contributed by atoms with E-state index in [0.717, 1.165) is 5.56 Å². The van der Waals surface area contributed by atoms with Crippen LogP contribution < -0.4 is 5.14 Å². The van der Waals surface area contributed by atoms with Crippen molar-refractivity contribution in [3.8, 4) is 11.1 Å². The minimum atomic E-state index is -3.69. The first kappa shape index (κ1) is 16.6. The van der Waals surface area contributed by atoms with E-state index in [4.69, 9.17) is 5.14 Å². The Morgan fingerprint density at radius 2 is 1.73 bits per heavy atom. The van der Waals surface area contributed by atoms with Gasteiger partial charge in [0, 0.05) is 5.56 Å². The summed E-state index contributed by atoms with van der Waals surface area (Å²) >= 11 is 0. The number of benzene rings is 2. The number of aliphatic hydroxyl groups is 1. The van der Waals surface area contributed by atoms with Crippen LogP contribution in [0, 0.1) is 5.82 Å². The summed E-state index contributed by atoms with van der Waals surface area (Å²) in [5.41, 5.74) is 1.07. The van der Waals surface area contributed by atoms with E-state index < -0.39 is 27.2 Å². The second-order valence-electron chi connectivity index (χ2n) is 5.76. The summed E-state index contributed by atoms with van der Waals surface area (Å²) in [6.07, 6.45) is 0. The molecule has 0 aromatic heterocycles.